The molecule has 0 spiro atoms. The van der Waals surface area contributed by atoms with Crippen molar-refractivity contribution >= 4 is 33.8 Å². The SMILES string of the molecule is Cc1ccc(-c2ccno2)cc1-c1ccc(NC(=O)c2snnc2C)s1. The maximum Gasteiger partial charge on any atom is 0.269 e. The molecule has 3 aromatic heterocycles. The number of anilines is 1. The molecule has 0 saturated heterocycles. The van der Waals surface area contributed by atoms with Gasteiger partial charge in [0.25, 0.3) is 5.91 Å². The minimum absolute atomic E-state index is 0.182. The van der Waals surface area contributed by atoms with Crippen LogP contribution in [-0.2, 0) is 0 Å². The molecule has 0 radical (unpaired) electrons. The first-order chi connectivity index (χ1) is 12.6. The van der Waals surface area contributed by atoms with Crippen molar-refractivity contribution in [1.29, 1.82) is 0 Å². The van der Waals surface area contributed by atoms with Crippen LogP contribution in [0.25, 0.3) is 21.8 Å². The van der Waals surface area contributed by atoms with Crippen molar-refractivity contribution in [3.8, 4) is 21.8 Å². The molecule has 8 heteroatoms. The van der Waals surface area contributed by atoms with Crippen LogP contribution in [-0.4, -0.2) is 20.7 Å². The lowest BCUT2D eigenvalue weighted by Gasteiger charge is -2.05. The Bertz CT molecular complexity index is 1070. The van der Waals surface area contributed by atoms with Crippen LogP contribution in [0.15, 0.2) is 47.1 Å². The van der Waals surface area contributed by atoms with E-state index < -0.39 is 0 Å². The van der Waals surface area contributed by atoms with Gasteiger partial charge < -0.3 is 9.84 Å². The molecular formula is C18H14N4O2S2. The maximum absolute atomic E-state index is 12.3. The number of nitrogens with zero attached hydrogens (tertiary/aromatic N) is 3. The van der Waals surface area contributed by atoms with Crippen LogP contribution in [0, 0.1) is 13.8 Å². The van der Waals surface area contributed by atoms with E-state index in [4.69, 9.17) is 4.52 Å². The Morgan fingerprint density at radius 1 is 1.15 bits per heavy atom. The second kappa shape index (κ2) is 6.81. The van der Waals surface area contributed by atoms with Crippen molar-refractivity contribution in [3.05, 3.63) is 58.7 Å². The van der Waals surface area contributed by atoms with Gasteiger partial charge in [-0.25, -0.2) is 0 Å². The summed E-state index contributed by atoms with van der Waals surface area (Å²) < 4.78 is 9.05. The van der Waals surface area contributed by atoms with Gasteiger partial charge in [0.15, 0.2) is 5.76 Å². The lowest BCUT2D eigenvalue weighted by atomic mass is 10.0. The molecule has 3 heterocycles. The highest BCUT2D eigenvalue weighted by Gasteiger charge is 2.15. The smallest absolute Gasteiger partial charge is 0.269 e. The first kappa shape index (κ1) is 16.6. The van der Waals surface area contributed by atoms with E-state index in [1.807, 2.05) is 24.3 Å². The largest absolute Gasteiger partial charge is 0.356 e. The van der Waals surface area contributed by atoms with E-state index in [1.165, 1.54) is 11.3 Å². The quantitative estimate of drug-likeness (QED) is 0.549. The zero-order valence-corrected chi connectivity index (χ0v) is 15.6. The van der Waals surface area contributed by atoms with Crippen molar-refractivity contribution in [2.24, 2.45) is 0 Å². The molecule has 0 saturated carbocycles. The van der Waals surface area contributed by atoms with Crippen LogP contribution in [0.1, 0.15) is 20.9 Å². The second-order valence-electron chi connectivity index (χ2n) is 5.71. The fraction of sp³-hybridized carbons (Fsp3) is 0.111. The zero-order valence-electron chi connectivity index (χ0n) is 14.0. The minimum atomic E-state index is -0.182. The Morgan fingerprint density at radius 2 is 2.04 bits per heavy atom. The molecule has 0 fully saturated rings. The molecule has 0 aliphatic rings. The van der Waals surface area contributed by atoms with Crippen molar-refractivity contribution in [2.45, 2.75) is 13.8 Å². The molecular weight excluding hydrogens is 368 g/mol. The molecule has 1 aromatic carbocycles. The predicted octanol–water partition coefficient (Wildman–Crippen LogP) is 4.79. The van der Waals surface area contributed by atoms with Crippen LogP contribution in [0.5, 0.6) is 0 Å². The number of carbonyl (C=O) groups excluding carboxylic acids is 1. The molecule has 1 amide bonds. The number of nitrogens with one attached hydrogen (secondary N) is 1. The van der Waals surface area contributed by atoms with Crippen LogP contribution >= 0.6 is 22.9 Å². The number of aryl methyl sites for hydroxylation is 2. The summed E-state index contributed by atoms with van der Waals surface area (Å²) in [5.74, 6) is 0.544. The van der Waals surface area contributed by atoms with Gasteiger partial charge in [0.1, 0.15) is 4.88 Å². The molecule has 4 aromatic rings. The number of thiophene rings is 1. The standard InChI is InChI=1S/C18H14N4O2S2/c1-10-3-4-12(14-7-8-19-24-14)9-13(10)15-5-6-16(25-15)20-18(23)17-11(2)21-22-26-17/h3-9H,1-2H3,(H,20,23). The summed E-state index contributed by atoms with van der Waals surface area (Å²) in [4.78, 5) is 13.9. The number of amides is 1. The van der Waals surface area contributed by atoms with Crippen LogP contribution in [0.3, 0.4) is 0 Å². The number of aromatic nitrogens is 3. The molecule has 0 aliphatic carbocycles. The van der Waals surface area contributed by atoms with Crippen LogP contribution in [0.4, 0.5) is 5.00 Å². The van der Waals surface area contributed by atoms with E-state index in [0.717, 1.165) is 43.9 Å². The number of carbonyl (C=O) groups is 1. The van der Waals surface area contributed by atoms with Gasteiger partial charge in [0, 0.05) is 16.5 Å². The van der Waals surface area contributed by atoms with E-state index in [0.29, 0.717) is 10.6 Å². The van der Waals surface area contributed by atoms with Crippen LogP contribution in [0.2, 0.25) is 0 Å². The summed E-state index contributed by atoms with van der Waals surface area (Å²) in [6.07, 6.45) is 1.63. The van der Waals surface area contributed by atoms with Crippen molar-refractivity contribution in [1.82, 2.24) is 14.7 Å². The molecule has 0 bridgehead atoms. The van der Waals surface area contributed by atoms with Crippen molar-refractivity contribution < 1.29 is 9.32 Å². The lowest BCUT2D eigenvalue weighted by Crippen LogP contribution is -2.10. The highest BCUT2D eigenvalue weighted by atomic mass is 32.1. The molecule has 0 unspecified atom stereocenters. The van der Waals surface area contributed by atoms with Gasteiger partial charge >= 0.3 is 0 Å². The third-order valence-electron chi connectivity index (χ3n) is 3.93. The fourth-order valence-electron chi connectivity index (χ4n) is 2.56. The highest BCUT2D eigenvalue weighted by molar-refractivity contribution is 7.19. The third-order valence-corrected chi connectivity index (χ3v) is 5.79. The van der Waals surface area contributed by atoms with E-state index >= 15 is 0 Å². The van der Waals surface area contributed by atoms with Crippen molar-refractivity contribution in [2.75, 3.05) is 5.32 Å². The van der Waals surface area contributed by atoms with Gasteiger partial charge in [0.05, 0.1) is 16.9 Å². The van der Waals surface area contributed by atoms with Gasteiger partial charge in [-0.2, -0.15) is 0 Å². The Kier molecular flexibility index (Phi) is 4.36. The molecule has 4 rings (SSSR count). The van der Waals surface area contributed by atoms with Gasteiger partial charge in [-0.05, 0) is 54.7 Å². The number of benzene rings is 1. The van der Waals surface area contributed by atoms with Gasteiger partial charge in [0.2, 0.25) is 0 Å². The average molecular weight is 382 g/mol. The zero-order chi connectivity index (χ0) is 18.1. The minimum Gasteiger partial charge on any atom is -0.356 e. The van der Waals surface area contributed by atoms with Gasteiger partial charge in [-0.15, -0.1) is 16.4 Å². The average Bonchev–Trinajstić information content (AvgIpc) is 3.36. The second-order valence-corrected chi connectivity index (χ2v) is 7.55. The molecule has 130 valence electrons. The maximum atomic E-state index is 12.3. The summed E-state index contributed by atoms with van der Waals surface area (Å²) in [5.41, 5.74) is 3.85. The molecule has 0 aliphatic heterocycles. The van der Waals surface area contributed by atoms with E-state index in [1.54, 1.807) is 13.1 Å². The number of hydrogen-bond donors (Lipinski definition) is 1. The first-order valence-corrected chi connectivity index (χ1v) is 9.43. The summed E-state index contributed by atoms with van der Waals surface area (Å²) >= 11 is 2.62. The third kappa shape index (κ3) is 3.16. The van der Waals surface area contributed by atoms with Gasteiger partial charge in [-0.1, -0.05) is 21.8 Å². The normalized spacial score (nSPS) is 10.8. The summed E-state index contributed by atoms with van der Waals surface area (Å²) in [7, 11) is 0. The fourth-order valence-corrected chi connectivity index (χ4v) is 4.10. The monoisotopic (exact) mass is 382 g/mol. The highest BCUT2D eigenvalue weighted by Crippen LogP contribution is 2.36. The van der Waals surface area contributed by atoms with Crippen LogP contribution < -0.4 is 5.32 Å². The number of rotatable bonds is 4. The topological polar surface area (TPSA) is 80.9 Å². The van der Waals surface area contributed by atoms with E-state index in [-0.39, 0.29) is 5.91 Å². The van der Waals surface area contributed by atoms with Crippen molar-refractivity contribution in [3.63, 3.8) is 0 Å². The lowest BCUT2D eigenvalue weighted by molar-refractivity contribution is 0.103. The molecule has 0 atom stereocenters. The van der Waals surface area contributed by atoms with Gasteiger partial charge in [-0.3, -0.25) is 4.79 Å². The van der Waals surface area contributed by atoms with E-state index in [2.05, 4.69) is 39.1 Å². The summed E-state index contributed by atoms with van der Waals surface area (Å²) in [6, 6.07) is 11.9. The Morgan fingerprint density at radius 3 is 2.77 bits per heavy atom. The Balaban J connectivity index is 1.61. The Hall–Kier alpha value is -2.84. The Labute approximate surface area is 157 Å². The van der Waals surface area contributed by atoms with E-state index in [9.17, 15) is 4.79 Å². The summed E-state index contributed by atoms with van der Waals surface area (Å²) in [6.45, 7) is 3.83. The first-order valence-electron chi connectivity index (χ1n) is 7.84. The molecule has 6 nitrogen and oxygen atoms in total. The number of hydrogen-bond acceptors (Lipinski definition) is 7. The summed E-state index contributed by atoms with van der Waals surface area (Å²) in [5, 5.41) is 11.3. The molecule has 1 N–H and O–H groups in total. The predicted molar refractivity (Wildman–Crippen MR) is 103 cm³/mol. The molecule has 26 heavy (non-hydrogen) atoms.